The van der Waals surface area contributed by atoms with Gasteiger partial charge in [0.05, 0.1) is 13.2 Å². The zero-order valence-corrected chi connectivity index (χ0v) is 10.6. The fraction of sp³-hybridized carbons (Fsp3) is 0.308. The lowest BCUT2D eigenvalue weighted by molar-refractivity contribution is 0.312. The van der Waals surface area contributed by atoms with Crippen molar-refractivity contribution in [2.24, 2.45) is 0 Å². The third-order valence-corrected chi connectivity index (χ3v) is 2.85. The largest absolute Gasteiger partial charge is 0.493 e. The minimum absolute atomic E-state index is 0.158. The molecule has 0 radical (unpaired) electrons. The molecule has 1 aromatic heterocycles. The van der Waals surface area contributed by atoms with E-state index in [1.165, 1.54) is 0 Å². The number of fused-ring (bicyclic) bond motifs is 1. The number of nitrogens with two attached hydrogens (primary N) is 1. The molecule has 3 rings (SSSR count). The van der Waals surface area contributed by atoms with Crippen LogP contribution in [0.15, 0.2) is 18.2 Å². The van der Waals surface area contributed by atoms with E-state index in [2.05, 4.69) is 15.0 Å². The molecular formula is C13H14N4O2. The number of hydrogen-bond donors (Lipinski definition) is 1. The van der Waals surface area contributed by atoms with E-state index in [9.17, 15) is 0 Å². The van der Waals surface area contributed by atoms with Gasteiger partial charge in [-0.15, -0.1) is 0 Å². The Bertz CT molecular complexity index is 616. The molecule has 1 aromatic carbocycles. The van der Waals surface area contributed by atoms with E-state index < -0.39 is 0 Å². The Hall–Kier alpha value is -2.37. The highest BCUT2D eigenvalue weighted by Gasteiger charge is 2.14. The normalized spacial score (nSPS) is 12.9. The number of anilines is 1. The van der Waals surface area contributed by atoms with E-state index >= 15 is 0 Å². The number of rotatable bonds is 3. The Morgan fingerprint density at radius 2 is 2.21 bits per heavy atom. The highest BCUT2D eigenvalue weighted by Crippen LogP contribution is 2.29. The van der Waals surface area contributed by atoms with Gasteiger partial charge in [0.15, 0.2) is 5.82 Å². The lowest BCUT2D eigenvalue weighted by atomic mass is 10.1. The van der Waals surface area contributed by atoms with E-state index in [-0.39, 0.29) is 12.0 Å². The Balaban J connectivity index is 2.01. The molecule has 0 saturated heterocycles. The van der Waals surface area contributed by atoms with E-state index in [0.29, 0.717) is 12.4 Å². The number of nitrogen functional groups attached to an aromatic ring is 1. The molecule has 0 spiro atoms. The summed E-state index contributed by atoms with van der Waals surface area (Å²) in [7, 11) is 0. The van der Waals surface area contributed by atoms with Gasteiger partial charge in [0.2, 0.25) is 5.95 Å². The lowest BCUT2D eigenvalue weighted by Crippen LogP contribution is -2.04. The lowest BCUT2D eigenvalue weighted by Gasteiger charge is -2.06. The topological polar surface area (TPSA) is 83.2 Å². The van der Waals surface area contributed by atoms with Crippen LogP contribution in [0.2, 0.25) is 0 Å². The molecule has 2 N–H and O–H groups in total. The van der Waals surface area contributed by atoms with Gasteiger partial charge < -0.3 is 15.2 Å². The van der Waals surface area contributed by atoms with Crippen molar-refractivity contribution in [2.75, 3.05) is 18.9 Å². The van der Waals surface area contributed by atoms with Crippen LogP contribution in [0.25, 0.3) is 11.4 Å². The summed E-state index contributed by atoms with van der Waals surface area (Å²) in [5.41, 5.74) is 7.72. The second-order valence-electron chi connectivity index (χ2n) is 4.15. The smallest absolute Gasteiger partial charge is 0.321 e. The first kappa shape index (κ1) is 11.7. The predicted octanol–water partition coefficient (Wildman–Crippen LogP) is 1.45. The van der Waals surface area contributed by atoms with Crippen molar-refractivity contribution in [1.29, 1.82) is 0 Å². The maximum atomic E-state index is 5.67. The molecule has 6 nitrogen and oxygen atoms in total. The van der Waals surface area contributed by atoms with E-state index in [4.69, 9.17) is 15.2 Å². The molecule has 2 heterocycles. The van der Waals surface area contributed by atoms with Crippen molar-refractivity contribution in [2.45, 2.75) is 13.3 Å². The molecule has 0 atom stereocenters. The zero-order valence-electron chi connectivity index (χ0n) is 10.6. The third-order valence-electron chi connectivity index (χ3n) is 2.85. The Labute approximate surface area is 110 Å². The first-order valence-electron chi connectivity index (χ1n) is 6.16. The maximum Gasteiger partial charge on any atom is 0.321 e. The summed E-state index contributed by atoms with van der Waals surface area (Å²) in [6.45, 7) is 3.08. The van der Waals surface area contributed by atoms with Gasteiger partial charge in [-0.1, -0.05) is 0 Å². The van der Waals surface area contributed by atoms with Crippen LogP contribution < -0.4 is 15.2 Å². The van der Waals surface area contributed by atoms with Gasteiger partial charge in [-0.2, -0.15) is 15.0 Å². The minimum Gasteiger partial charge on any atom is -0.493 e. The molecule has 19 heavy (non-hydrogen) atoms. The summed E-state index contributed by atoms with van der Waals surface area (Å²) in [5, 5.41) is 0. The molecule has 98 valence electrons. The number of hydrogen-bond acceptors (Lipinski definition) is 6. The Morgan fingerprint density at radius 1 is 1.32 bits per heavy atom. The summed E-state index contributed by atoms with van der Waals surface area (Å²) in [5.74, 6) is 1.60. The van der Waals surface area contributed by atoms with Gasteiger partial charge in [-0.3, -0.25) is 0 Å². The number of nitrogens with zero attached hydrogens (tertiary/aromatic N) is 3. The Morgan fingerprint density at radius 3 is 3.05 bits per heavy atom. The summed E-state index contributed by atoms with van der Waals surface area (Å²) >= 11 is 0. The van der Waals surface area contributed by atoms with Crippen molar-refractivity contribution in [3.05, 3.63) is 23.8 Å². The van der Waals surface area contributed by atoms with Gasteiger partial charge in [-0.05, 0) is 30.7 Å². The van der Waals surface area contributed by atoms with Crippen molar-refractivity contribution in [1.82, 2.24) is 15.0 Å². The zero-order chi connectivity index (χ0) is 13.2. The van der Waals surface area contributed by atoms with Gasteiger partial charge in [0.25, 0.3) is 0 Å². The van der Waals surface area contributed by atoms with Crippen LogP contribution in [0.3, 0.4) is 0 Å². The number of ether oxygens (including phenoxy) is 2. The molecule has 0 fully saturated rings. The van der Waals surface area contributed by atoms with E-state index in [1.54, 1.807) is 0 Å². The molecule has 6 heteroatoms. The second-order valence-corrected chi connectivity index (χ2v) is 4.15. The van der Waals surface area contributed by atoms with Gasteiger partial charge >= 0.3 is 6.01 Å². The van der Waals surface area contributed by atoms with Crippen LogP contribution in [0.4, 0.5) is 5.95 Å². The average Bonchev–Trinajstić information content (AvgIpc) is 2.85. The molecule has 0 unspecified atom stereocenters. The van der Waals surface area contributed by atoms with E-state index in [1.807, 2.05) is 25.1 Å². The van der Waals surface area contributed by atoms with Crippen molar-refractivity contribution >= 4 is 5.95 Å². The first-order valence-corrected chi connectivity index (χ1v) is 6.16. The van der Waals surface area contributed by atoms with Crippen molar-refractivity contribution < 1.29 is 9.47 Å². The van der Waals surface area contributed by atoms with Gasteiger partial charge in [0.1, 0.15) is 5.75 Å². The van der Waals surface area contributed by atoms with Crippen molar-refractivity contribution in [3.8, 4) is 23.1 Å². The SMILES string of the molecule is CCOc1nc(N)nc(-c2ccc3c(c2)CCO3)n1. The van der Waals surface area contributed by atoms with Crippen LogP contribution in [0.5, 0.6) is 11.8 Å². The minimum atomic E-state index is 0.158. The molecule has 0 aliphatic carbocycles. The first-order chi connectivity index (χ1) is 9.26. The molecule has 1 aliphatic rings. The maximum absolute atomic E-state index is 5.67. The molecule has 1 aliphatic heterocycles. The number of aromatic nitrogens is 3. The van der Waals surface area contributed by atoms with Gasteiger partial charge in [-0.25, -0.2) is 0 Å². The van der Waals surface area contributed by atoms with Crippen LogP contribution >= 0.6 is 0 Å². The summed E-state index contributed by atoms with van der Waals surface area (Å²) in [6.07, 6.45) is 0.905. The van der Waals surface area contributed by atoms with Crippen molar-refractivity contribution in [3.63, 3.8) is 0 Å². The quantitative estimate of drug-likeness (QED) is 0.897. The summed E-state index contributed by atoms with van der Waals surface area (Å²) in [6, 6.07) is 6.11. The number of benzene rings is 1. The Kier molecular flexibility index (Phi) is 2.91. The summed E-state index contributed by atoms with van der Waals surface area (Å²) in [4.78, 5) is 12.3. The fourth-order valence-corrected chi connectivity index (χ4v) is 2.02. The summed E-state index contributed by atoms with van der Waals surface area (Å²) < 4.78 is 10.7. The van der Waals surface area contributed by atoms with Crippen LogP contribution in [0.1, 0.15) is 12.5 Å². The highest BCUT2D eigenvalue weighted by atomic mass is 16.5. The van der Waals surface area contributed by atoms with Crippen LogP contribution in [-0.4, -0.2) is 28.2 Å². The third kappa shape index (κ3) is 2.29. The molecule has 0 amide bonds. The van der Waals surface area contributed by atoms with E-state index in [0.717, 1.165) is 29.9 Å². The molecule has 0 bridgehead atoms. The monoisotopic (exact) mass is 258 g/mol. The van der Waals surface area contributed by atoms with Gasteiger partial charge in [0, 0.05) is 12.0 Å². The molecule has 2 aromatic rings. The van der Waals surface area contributed by atoms with Crippen LogP contribution in [-0.2, 0) is 6.42 Å². The standard InChI is InChI=1S/C13H14N4O2/c1-2-18-13-16-11(15-12(14)17-13)9-3-4-10-8(7-9)5-6-19-10/h3-4,7H,2,5-6H2,1H3,(H2,14,15,16,17). The van der Waals surface area contributed by atoms with Crippen LogP contribution in [0, 0.1) is 0 Å². The highest BCUT2D eigenvalue weighted by molar-refractivity contribution is 5.60. The molecule has 0 saturated carbocycles. The average molecular weight is 258 g/mol. The predicted molar refractivity (Wildman–Crippen MR) is 70.0 cm³/mol. The second kappa shape index (κ2) is 4.72. The fourth-order valence-electron chi connectivity index (χ4n) is 2.02. The molecular weight excluding hydrogens is 244 g/mol.